The number of rotatable bonds is 1. The minimum atomic E-state index is 0.396. The first-order chi connectivity index (χ1) is 6.68. The van der Waals surface area contributed by atoms with Crippen molar-refractivity contribution in [3.63, 3.8) is 0 Å². The number of nitrogens with two attached hydrogens (primary N) is 1. The largest absolute Gasteiger partial charge is 0.394 e. The molecule has 0 aliphatic carbocycles. The number of piperidine rings is 1. The van der Waals surface area contributed by atoms with Gasteiger partial charge in [0.05, 0.1) is 0 Å². The molecule has 1 fully saturated rings. The van der Waals surface area contributed by atoms with Crippen molar-refractivity contribution in [2.45, 2.75) is 18.8 Å². The Bertz CT molecular complexity index is 326. The molecule has 4 nitrogen and oxygen atoms in total. The van der Waals surface area contributed by atoms with Crippen molar-refractivity contribution in [3.8, 4) is 0 Å². The molecule has 0 bridgehead atoms. The minimum absolute atomic E-state index is 0.396. The average molecular weight is 260 g/mol. The van der Waals surface area contributed by atoms with Crippen LogP contribution in [0, 0.1) is 0 Å². The summed E-state index contributed by atoms with van der Waals surface area (Å²) in [6, 6.07) is 0. The molecular weight excluding hydrogens is 246 g/mol. The van der Waals surface area contributed by atoms with Crippen LogP contribution in [-0.4, -0.2) is 30.2 Å². The second-order valence-electron chi connectivity index (χ2n) is 3.85. The lowest BCUT2D eigenvalue weighted by atomic mass is 9.95. The summed E-state index contributed by atoms with van der Waals surface area (Å²) in [7, 11) is 2.12. The topological polar surface area (TPSA) is 55.3 Å². The van der Waals surface area contributed by atoms with Crippen LogP contribution in [0.15, 0.2) is 9.13 Å². The maximum absolute atomic E-state index is 5.86. The third kappa shape index (κ3) is 1.79. The van der Waals surface area contributed by atoms with Crippen molar-refractivity contribution in [2.75, 3.05) is 25.9 Å². The van der Waals surface area contributed by atoms with Gasteiger partial charge in [0.1, 0.15) is 5.69 Å². The van der Waals surface area contributed by atoms with Crippen LogP contribution >= 0.6 is 15.9 Å². The Morgan fingerprint density at radius 3 is 3.00 bits per heavy atom. The van der Waals surface area contributed by atoms with E-state index in [0.29, 0.717) is 16.2 Å². The van der Waals surface area contributed by atoms with E-state index >= 15 is 0 Å². The minimum Gasteiger partial charge on any atom is -0.394 e. The number of likely N-dealkylation sites (N-methyl/N-ethyl adjacent to an activating group) is 1. The van der Waals surface area contributed by atoms with Crippen molar-refractivity contribution in [2.24, 2.45) is 0 Å². The molecule has 5 heteroatoms. The van der Waals surface area contributed by atoms with Gasteiger partial charge in [0.25, 0.3) is 0 Å². The van der Waals surface area contributed by atoms with Crippen LogP contribution in [-0.2, 0) is 0 Å². The Hall–Kier alpha value is -0.550. The lowest BCUT2D eigenvalue weighted by Gasteiger charge is -2.28. The van der Waals surface area contributed by atoms with Crippen LogP contribution in [0.25, 0.3) is 0 Å². The zero-order chi connectivity index (χ0) is 10.1. The molecule has 0 radical (unpaired) electrons. The summed E-state index contributed by atoms with van der Waals surface area (Å²) in [6.07, 6.45) is 2.33. The van der Waals surface area contributed by atoms with E-state index in [4.69, 9.17) is 10.3 Å². The maximum atomic E-state index is 5.86. The van der Waals surface area contributed by atoms with Crippen molar-refractivity contribution >= 4 is 21.6 Å². The molecule has 1 aliphatic heterocycles. The fourth-order valence-electron chi connectivity index (χ4n) is 1.96. The fraction of sp³-hybridized carbons (Fsp3) is 0.667. The van der Waals surface area contributed by atoms with Gasteiger partial charge in [0.2, 0.25) is 0 Å². The highest BCUT2D eigenvalue weighted by atomic mass is 79.9. The van der Waals surface area contributed by atoms with Gasteiger partial charge >= 0.3 is 0 Å². The molecule has 1 atom stereocenters. The predicted octanol–water partition coefficient (Wildman–Crippen LogP) is 1.83. The van der Waals surface area contributed by atoms with Crippen LogP contribution in [0.4, 0.5) is 5.69 Å². The number of anilines is 1. The van der Waals surface area contributed by atoms with E-state index in [1.807, 2.05) is 0 Å². The summed E-state index contributed by atoms with van der Waals surface area (Å²) in [4.78, 5) is 2.30. The lowest BCUT2D eigenvalue weighted by molar-refractivity contribution is 0.224. The molecule has 1 aromatic heterocycles. The second kappa shape index (κ2) is 3.90. The Kier molecular flexibility index (Phi) is 2.78. The van der Waals surface area contributed by atoms with Crippen molar-refractivity contribution in [3.05, 3.63) is 10.4 Å². The van der Waals surface area contributed by atoms with Gasteiger partial charge in [0.15, 0.2) is 10.4 Å². The van der Waals surface area contributed by atoms with Gasteiger partial charge in [0, 0.05) is 12.5 Å². The monoisotopic (exact) mass is 259 g/mol. The number of aromatic nitrogens is 1. The molecule has 1 aromatic rings. The third-order valence-corrected chi connectivity index (χ3v) is 3.28. The van der Waals surface area contributed by atoms with Crippen LogP contribution in [0.2, 0.25) is 0 Å². The summed E-state index contributed by atoms with van der Waals surface area (Å²) >= 11 is 3.25. The van der Waals surface area contributed by atoms with Crippen LogP contribution in [0.3, 0.4) is 0 Å². The van der Waals surface area contributed by atoms with E-state index in [1.54, 1.807) is 0 Å². The Morgan fingerprint density at radius 1 is 1.64 bits per heavy atom. The van der Waals surface area contributed by atoms with Gasteiger partial charge in [-0.2, -0.15) is 0 Å². The fourth-order valence-corrected chi connectivity index (χ4v) is 2.23. The SMILES string of the molecule is CN1CCCC(c2onc(Br)c2N)C1. The first-order valence-corrected chi connectivity index (χ1v) is 5.57. The van der Waals surface area contributed by atoms with E-state index in [1.165, 1.54) is 6.42 Å². The first kappa shape index (κ1) is 9.98. The molecule has 1 aliphatic rings. The highest BCUT2D eigenvalue weighted by Gasteiger charge is 2.25. The Labute approximate surface area is 91.5 Å². The third-order valence-electron chi connectivity index (χ3n) is 2.71. The molecule has 0 amide bonds. The van der Waals surface area contributed by atoms with Crippen LogP contribution in [0.1, 0.15) is 24.5 Å². The number of likely N-dealkylation sites (tertiary alicyclic amines) is 1. The van der Waals surface area contributed by atoms with E-state index in [-0.39, 0.29) is 0 Å². The van der Waals surface area contributed by atoms with Crippen molar-refractivity contribution in [1.29, 1.82) is 0 Å². The van der Waals surface area contributed by atoms with Crippen molar-refractivity contribution in [1.82, 2.24) is 10.1 Å². The quantitative estimate of drug-likeness (QED) is 0.836. The van der Waals surface area contributed by atoms with Gasteiger partial charge < -0.3 is 15.2 Å². The number of nitrogens with zero attached hydrogens (tertiary/aromatic N) is 2. The van der Waals surface area contributed by atoms with Gasteiger partial charge in [-0.25, -0.2) is 0 Å². The highest BCUT2D eigenvalue weighted by Crippen LogP contribution is 2.33. The zero-order valence-corrected chi connectivity index (χ0v) is 9.75. The van der Waals surface area contributed by atoms with Crippen LogP contribution in [0.5, 0.6) is 0 Å². The van der Waals surface area contributed by atoms with Gasteiger partial charge in [-0.1, -0.05) is 5.16 Å². The predicted molar refractivity (Wildman–Crippen MR) is 58.1 cm³/mol. The average Bonchev–Trinajstić information content (AvgIpc) is 2.48. The number of nitrogen functional groups attached to an aromatic ring is 1. The lowest BCUT2D eigenvalue weighted by Crippen LogP contribution is -2.30. The molecule has 1 saturated heterocycles. The number of hydrogen-bond donors (Lipinski definition) is 1. The van der Waals surface area contributed by atoms with Gasteiger partial charge in [-0.05, 0) is 42.4 Å². The maximum Gasteiger partial charge on any atom is 0.172 e. The highest BCUT2D eigenvalue weighted by molar-refractivity contribution is 9.10. The Balaban J connectivity index is 2.18. The molecule has 0 spiro atoms. The summed E-state index contributed by atoms with van der Waals surface area (Å²) in [5.74, 6) is 1.23. The smallest absolute Gasteiger partial charge is 0.172 e. The standard InChI is InChI=1S/C9H14BrN3O/c1-13-4-2-3-6(5-13)8-7(11)9(10)12-14-8/h6H,2-5,11H2,1H3. The summed E-state index contributed by atoms with van der Waals surface area (Å²) in [6.45, 7) is 2.16. The van der Waals surface area contributed by atoms with Crippen LogP contribution < -0.4 is 5.73 Å². The molecule has 78 valence electrons. The first-order valence-electron chi connectivity index (χ1n) is 4.77. The van der Waals surface area contributed by atoms with Crippen molar-refractivity contribution < 1.29 is 4.52 Å². The molecule has 2 heterocycles. The number of halogens is 1. The van der Waals surface area contributed by atoms with Gasteiger partial charge in [-0.3, -0.25) is 0 Å². The second-order valence-corrected chi connectivity index (χ2v) is 4.60. The van der Waals surface area contributed by atoms with E-state index in [9.17, 15) is 0 Å². The zero-order valence-electron chi connectivity index (χ0n) is 8.16. The van der Waals surface area contributed by atoms with Gasteiger partial charge in [-0.15, -0.1) is 0 Å². The van der Waals surface area contributed by atoms with E-state index < -0.39 is 0 Å². The molecule has 2 N–H and O–H groups in total. The summed E-state index contributed by atoms with van der Waals surface area (Å²) in [5.41, 5.74) is 6.51. The molecule has 2 rings (SSSR count). The molecule has 1 unspecified atom stereocenters. The molecule has 14 heavy (non-hydrogen) atoms. The molecular formula is C9H14BrN3O. The summed E-state index contributed by atoms with van der Waals surface area (Å²) < 4.78 is 5.86. The normalized spacial score (nSPS) is 24.0. The molecule has 0 saturated carbocycles. The Morgan fingerprint density at radius 2 is 2.43 bits per heavy atom. The van der Waals surface area contributed by atoms with E-state index in [0.717, 1.165) is 25.3 Å². The van der Waals surface area contributed by atoms with E-state index in [2.05, 4.69) is 33.0 Å². The molecule has 0 aromatic carbocycles. The number of hydrogen-bond acceptors (Lipinski definition) is 4. The summed E-state index contributed by atoms with van der Waals surface area (Å²) in [5, 5.41) is 3.81.